The molecule has 0 aliphatic carbocycles. The van der Waals surface area contributed by atoms with Crippen molar-refractivity contribution in [2.45, 2.75) is 6.54 Å². The van der Waals surface area contributed by atoms with Crippen molar-refractivity contribution in [1.29, 1.82) is 0 Å². The maximum Gasteiger partial charge on any atom is 0.270 e. The lowest BCUT2D eigenvalue weighted by atomic mass is 10.2. The standard InChI is InChI=1S/C18H16N4O/c23-18(21-13-14-5-4-9-19-12-14)17-11-16(8-10-20-17)22-15-6-2-1-3-7-15/h1-12H,13H2,(H,20,22)(H,21,23). The molecule has 114 valence electrons. The van der Waals surface area contributed by atoms with Crippen molar-refractivity contribution < 1.29 is 4.79 Å². The Morgan fingerprint density at radius 1 is 0.957 bits per heavy atom. The maximum absolute atomic E-state index is 12.2. The first-order valence-electron chi connectivity index (χ1n) is 7.26. The Labute approximate surface area is 134 Å². The molecule has 1 amide bonds. The molecule has 3 aromatic rings. The highest BCUT2D eigenvalue weighted by Gasteiger charge is 2.08. The maximum atomic E-state index is 12.2. The van der Waals surface area contributed by atoms with E-state index in [0.29, 0.717) is 12.2 Å². The van der Waals surface area contributed by atoms with Crippen LogP contribution in [0.5, 0.6) is 0 Å². The molecule has 2 heterocycles. The van der Waals surface area contributed by atoms with Gasteiger partial charge in [0.05, 0.1) is 0 Å². The molecule has 23 heavy (non-hydrogen) atoms. The van der Waals surface area contributed by atoms with Crippen LogP contribution in [0.15, 0.2) is 73.2 Å². The smallest absolute Gasteiger partial charge is 0.270 e. The van der Waals surface area contributed by atoms with E-state index in [1.54, 1.807) is 24.7 Å². The molecule has 2 aromatic heterocycles. The van der Waals surface area contributed by atoms with E-state index in [1.807, 2.05) is 48.5 Å². The van der Waals surface area contributed by atoms with Gasteiger partial charge in [0.25, 0.3) is 5.91 Å². The van der Waals surface area contributed by atoms with Gasteiger partial charge in [-0.3, -0.25) is 14.8 Å². The molecule has 0 saturated heterocycles. The summed E-state index contributed by atoms with van der Waals surface area (Å²) in [5.74, 6) is -0.217. The number of nitrogens with zero attached hydrogens (tertiary/aromatic N) is 2. The quantitative estimate of drug-likeness (QED) is 0.760. The second kappa shape index (κ2) is 7.17. The Kier molecular flexibility index (Phi) is 4.59. The third-order valence-corrected chi connectivity index (χ3v) is 3.23. The van der Waals surface area contributed by atoms with Crippen LogP contribution in [0.25, 0.3) is 0 Å². The van der Waals surface area contributed by atoms with Gasteiger partial charge < -0.3 is 10.6 Å². The molecule has 0 fully saturated rings. The molecular weight excluding hydrogens is 288 g/mol. The lowest BCUT2D eigenvalue weighted by molar-refractivity contribution is 0.0946. The van der Waals surface area contributed by atoms with Crippen LogP contribution in [0.3, 0.4) is 0 Å². The van der Waals surface area contributed by atoms with Crippen LogP contribution < -0.4 is 10.6 Å². The summed E-state index contributed by atoms with van der Waals surface area (Å²) in [7, 11) is 0. The molecule has 0 radical (unpaired) electrons. The van der Waals surface area contributed by atoms with Gasteiger partial charge in [-0.2, -0.15) is 0 Å². The fraction of sp³-hybridized carbons (Fsp3) is 0.0556. The van der Waals surface area contributed by atoms with Crippen LogP contribution in [-0.4, -0.2) is 15.9 Å². The van der Waals surface area contributed by atoms with Crippen LogP contribution in [-0.2, 0) is 6.54 Å². The minimum atomic E-state index is -0.217. The van der Waals surface area contributed by atoms with E-state index < -0.39 is 0 Å². The summed E-state index contributed by atoms with van der Waals surface area (Å²) in [5.41, 5.74) is 3.09. The van der Waals surface area contributed by atoms with Gasteiger partial charge in [0.15, 0.2) is 0 Å². The zero-order valence-corrected chi connectivity index (χ0v) is 12.4. The number of benzene rings is 1. The number of hydrogen-bond acceptors (Lipinski definition) is 4. The number of nitrogens with one attached hydrogen (secondary N) is 2. The van der Waals surface area contributed by atoms with Crippen molar-refractivity contribution in [2.75, 3.05) is 5.32 Å². The molecule has 0 saturated carbocycles. The Morgan fingerprint density at radius 2 is 1.83 bits per heavy atom. The second-order valence-corrected chi connectivity index (χ2v) is 4.96. The molecular formula is C18H16N4O. The highest BCUT2D eigenvalue weighted by molar-refractivity contribution is 5.93. The van der Waals surface area contributed by atoms with E-state index in [1.165, 1.54) is 0 Å². The van der Waals surface area contributed by atoms with Crippen molar-refractivity contribution in [2.24, 2.45) is 0 Å². The first-order chi connectivity index (χ1) is 11.3. The average Bonchev–Trinajstić information content (AvgIpc) is 2.62. The monoisotopic (exact) mass is 304 g/mol. The summed E-state index contributed by atoms with van der Waals surface area (Å²) in [6.07, 6.45) is 5.04. The van der Waals surface area contributed by atoms with E-state index in [4.69, 9.17) is 0 Å². The van der Waals surface area contributed by atoms with Crippen LogP contribution in [0, 0.1) is 0 Å². The van der Waals surface area contributed by atoms with Crippen LogP contribution in [0.1, 0.15) is 16.1 Å². The lowest BCUT2D eigenvalue weighted by Crippen LogP contribution is -2.23. The van der Waals surface area contributed by atoms with Gasteiger partial charge in [-0.05, 0) is 35.9 Å². The summed E-state index contributed by atoms with van der Waals surface area (Å²) >= 11 is 0. The SMILES string of the molecule is O=C(NCc1cccnc1)c1cc(Nc2ccccc2)ccn1. The summed E-state index contributed by atoms with van der Waals surface area (Å²) in [6.45, 7) is 0.421. The third kappa shape index (κ3) is 4.14. The molecule has 0 spiro atoms. The van der Waals surface area contributed by atoms with Gasteiger partial charge >= 0.3 is 0 Å². The van der Waals surface area contributed by atoms with E-state index >= 15 is 0 Å². The van der Waals surface area contributed by atoms with E-state index in [2.05, 4.69) is 20.6 Å². The number of rotatable bonds is 5. The highest BCUT2D eigenvalue weighted by Crippen LogP contribution is 2.16. The number of hydrogen-bond donors (Lipinski definition) is 2. The Hall–Kier alpha value is -3.21. The summed E-state index contributed by atoms with van der Waals surface area (Å²) in [5, 5.41) is 6.08. The molecule has 5 nitrogen and oxygen atoms in total. The van der Waals surface area contributed by atoms with E-state index in [9.17, 15) is 4.79 Å². The van der Waals surface area contributed by atoms with E-state index in [0.717, 1.165) is 16.9 Å². The summed E-state index contributed by atoms with van der Waals surface area (Å²) in [4.78, 5) is 20.3. The number of anilines is 2. The van der Waals surface area contributed by atoms with Gasteiger partial charge in [0.2, 0.25) is 0 Å². The van der Waals surface area contributed by atoms with Crippen molar-refractivity contribution in [3.8, 4) is 0 Å². The molecule has 0 unspecified atom stereocenters. The van der Waals surface area contributed by atoms with Crippen molar-refractivity contribution >= 4 is 17.3 Å². The molecule has 5 heteroatoms. The van der Waals surface area contributed by atoms with E-state index in [-0.39, 0.29) is 5.91 Å². The zero-order chi connectivity index (χ0) is 15.9. The highest BCUT2D eigenvalue weighted by atomic mass is 16.1. The van der Waals surface area contributed by atoms with Crippen LogP contribution in [0.4, 0.5) is 11.4 Å². The zero-order valence-electron chi connectivity index (χ0n) is 12.4. The topological polar surface area (TPSA) is 66.9 Å². The van der Waals surface area contributed by atoms with Gasteiger partial charge in [-0.25, -0.2) is 0 Å². The number of para-hydroxylation sites is 1. The normalized spacial score (nSPS) is 10.1. The fourth-order valence-corrected chi connectivity index (χ4v) is 2.10. The number of aromatic nitrogens is 2. The lowest BCUT2D eigenvalue weighted by Gasteiger charge is -2.08. The average molecular weight is 304 g/mol. The largest absolute Gasteiger partial charge is 0.355 e. The van der Waals surface area contributed by atoms with Crippen molar-refractivity contribution in [3.63, 3.8) is 0 Å². The molecule has 2 N–H and O–H groups in total. The second-order valence-electron chi connectivity index (χ2n) is 4.96. The minimum absolute atomic E-state index is 0.217. The molecule has 0 atom stereocenters. The first kappa shape index (κ1) is 14.7. The fourth-order valence-electron chi connectivity index (χ4n) is 2.10. The van der Waals surface area contributed by atoms with Gasteiger partial charge in [0, 0.05) is 36.5 Å². The first-order valence-corrected chi connectivity index (χ1v) is 7.26. The Morgan fingerprint density at radius 3 is 2.61 bits per heavy atom. The molecule has 0 aliphatic heterocycles. The Bertz CT molecular complexity index is 775. The minimum Gasteiger partial charge on any atom is -0.355 e. The number of amides is 1. The summed E-state index contributed by atoms with van der Waals surface area (Å²) < 4.78 is 0. The number of carbonyl (C=O) groups is 1. The van der Waals surface area contributed by atoms with Crippen LogP contribution in [0.2, 0.25) is 0 Å². The summed E-state index contributed by atoms with van der Waals surface area (Å²) in [6, 6.07) is 17.1. The molecule has 0 bridgehead atoms. The van der Waals surface area contributed by atoms with Gasteiger partial charge in [0.1, 0.15) is 5.69 Å². The predicted octanol–water partition coefficient (Wildman–Crippen LogP) is 3.15. The van der Waals surface area contributed by atoms with Gasteiger partial charge in [-0.15, -0.1) is 0 Å². The molecule has 0 aliphatic rings. The van der Waals surface area contributed by atoms with Crippen molar-refractivity contribution in [1.82, 2.24) is 15.3 Å². The Balaban J connectivity index is 1.65. The predicted molar refractivity (Wildman–Crippen MR) is 89.4 cm³/mol. The number of carbonyl (C=O) groups excluding carboxylic acids is 1. The van der Waals surface area contributed by atoms with Gasteiger partial charge in [-0.1, -0.05) is 24.3 Å². The third-order valence-electron chi connectivity index (χ3n) is 3.23. The molecule has 3 rings (SSSR count). The molecule has 1 aromatic carbocycles. The number of pyridine rings is 2. The van der Waals surface area contributed by atoms with Crippen LogP contribution >= 0.6 is 0 Å². The van der Waals surface area contributed by atoms with Crippen molar-refractivity contribution in [3.05, 3.63) is 84.4 Å².